The van der Waals surface area contributed by atoms with E-state index in [2.05, 4.69) is 0 Å². The quantitative estimate of drug-likeness (QED) is 0.686. The van der Waals surface area contributed by atoms with Gasteiger partial charge < -0.3 is 33.2 Å². The molecule has 0 aromatic heterocycles. The van der Waals surface area contributed by atoms with Gasteiger partial charge in [-0.3, -0.25) is 0 Å². The fourth-order valence-electron chi connectivity index (χ4n) is 2.99. The molecule has 0 radical (unpaired) electrons. The van der Waals surface area contributed by atoms with Crippen LogP contribution in [0.15, 0.2) is 12.1 Å². The van der Waals surface area contributed by atoms with Gasteiger partial charge in [-0.15, -0.1) is 5.46 Å². The van der Waals surface area contributed by atoms with Crippen molar-refractivity contribution < 1.29 is 73.9 Å². The fraction of sp³-hybridized carbons (Fsp3) is 0.588. The van der Waals surface area contributed by atoms with E-state index in [1.54, 1.807) is 31.7 Å². The molecular weight excluding hydrogens is 385 g/mol. The van der Waals surface area contributed by atoms with E-state index in [1.807, 2.05) is 4.90 Å². The molecule has 0 aliphatic carbocycles. The van der Waals surface area contributed by atoms with Crippen LogP contribution >= 0.6 is 0 Å². The molecule has 1 amide bonds. The van der Waals surface area contributed by atoms with E-state index in [9.17, 15) is 17.7 Å². The van der Waals surface area contributed by atoms with Crippen LogP contribution in [0.3, 0.4) is 0 Å². The van der Waals surface area contributed by atoms with Gasteiger partial charge in [0.25, 0.3) is 0 Å². The molecule has 1 fully saturated rings. The van der Waals surface area contributed by atoms with Crippen LogP contribution in [0, 0.1) is 6.92 Å². The van der Waals surface area contributed by atoms with E-state index in [0.29, 0.717) is 37.4 Å². The van der Waals surface area contributed by atoms with Crippen molar-refractivity contribution in [2.45, 2.75) is 39.8 Å². The molecule has 146 valence electrons. The summed E-state index contributed by atoms with van der Waals surface area (Å²) in [5.74, 6) is 0. The number of amides is 1. The first-order chi connectivity index (χ1) is 11.9. The number of halogens is 3. The van der Waals surface area contributed by atoms with Gasteiger partial charge in [-0.05, 0) is 39.3 Å². The molecule has 10 heteroatoms. The van der Waals surface area contributed by atoms with Crippen LogP contribution in [0.25, 0.3) is 0 Å². The van der Waals surface area contributed by atoms with E-state index in [-0.39, 0.29) is 63.5 Å². The first-order valence-corrected chi connectivity index (χ1v) is 8.68. The van der Waals surface area contributed by atoms with Gasteiger partial charge >= 0.3 is 64.5 Å². The second-order valence-corrected chi connectivity index (χ2v) is 7.55. The second-order valence-electron chi connectivity index (χ2n) is 7.55. The number of hydrogen-bond donors (Lipinski definition) is 1. The van der Waals surface area contributed by atoms with Crippen molar-refractivity contribution in [3.8, 4) is 0 Å². The number of rotatable bonds is 3. The van der Waals surface area contributed by atoms with Gasteiger partial charge in [0.2, 0.25) is 0 Å². The van der Waals surface area contributed by atoms with E-state index in [4.69, 9.17) is 10.5 Å². The Morgan fingerprint density at radius 3 is 2.19 bits per heavy atom. The standard InChI is InChI=1S/C17H26BF3N3O2.K/c1-12-13(11-22)9-14(10-15(12)18(19,20)21)23-5-7-24(8-6-23)16(25)26-17(2,3)4;/h9-10H,5-8,11,22H2,1-4H3;/q-1;+1. The van der Waals surface area contributed by atoms with Crippen molar-refractivity contribution >= 4 is 24.2 Å². The van der Waals surface area contributed by atoms with Gasteiger partial charge in [0, 0.05) is 38.4 Å². The van der Waals surface area contributed by atoms with Crippen molar-refractivity contribution in [3.05, 3.63) is 23.3 Å². The predicted octanol–water partition coefficient (Wildman–Crippen LogP) is -0.431. The Kier molecular flexibility index (Phi) is 8.71. The summed E-state index contributed by atoms with van der Waals surface area (Å²) in [6, 6.07) is 2.90. The summed E-state index contributed by atoms with van der Waals surface area (Å²) < 4.78 is 45.5. The summed E-state index contributed by atoms with van der Waals surface area (Å²) in [6.45, 7) is 3.45. The summed E-state index contributed by atoms with van der Waals surface area (Å²) in [5.41, 5.74) is 5.63. The van der Waals surface area contributed by atoms with Gasteiger partial charge in [-0.1, -0.05) is 11.6 Å². The van der Waals surface area contributed by atoms with Crippen molar-refractivity contribution in [3.63, 3.8) is 0 Å². The Morgan fingerprint density at radius 2 is 1.74 bits per heavy atom. The summed E-state index contributed by atoms with van der Waals surface area (Å²) in [7, 11) is 0. The molecular formula is C17H26BF3KN3O2. The summed E-state index contributed by atoms with van der Waals surface area (Å²) in [5, 5.41) is 0. The monoisotopic (exact) mass is 411 g/mol. The molecule has 0 spiro atoms. The normalized spacial score (nSPS) is 15.4. The molecule has 2 rings (SSSR count). The van der Waals surface area contributed by atoms with Gasteiger partial charge in [0.15, 0.2) is 0 Å². The van der Waals surface area contributed by atoms with E-state index >= 15 is 0 Å². The maximum Gasteiger partial charge on any atom is 1.00 e. The molecule has 0 unspecified atom stereocenters. The molecule has 1 aromatic carbocycles. The average Bonchev–Trinajstić information content (AvgIpc) is 2.52. The van der Waals surface area contributed by atoms with Crippen LogP contribution in [0.5, 0.6) is 0 Å². The van der Waals surface area contributed by atoms with Crippen molar-refractivity contribution in [1.29, 1.82) is 0 Å². The third-order valence-electron chi connectivity index (χ3n) is 4.41. The molecule has 1 aliphatic heterocycles. The number of carbonyl (C=O) groups excluding carboxylic acids is 1. The van der Waals surface area contributed by atoms with Gasteiger partial charge in [0.05, 0.1) is 0 Å². The largest absolute Gasteiger partial charge is 1.00 e. The summed E-state index contributed by atoms with van der Waals surface area (Å²) in [4.78, 5) is 15.5. The van der Waals surface area contributed by atoms with Crippen LogP contribution in [-0.4, -0.2) is 49.8 Å². The minimum absolute atomic E-state index is 0. The van der Waals surface area contributed by atoms with Crippen LogP contribution in [0.2, 0.25) is 0 Å². The summed E-state index contributed by atoms with van der Waals surface area (Å²) >= 11 is 0. The third-order valence-corrected chi connectivity index (χ3v) is 4.41. The second kappa shape index (κ2) is 9.49. The Hall–Kier alpha value is -0.259. The maximum absolute atomic E-state index is 13.4. The zero-order valence-corrected chi connectivity index (χ0v) is 19.8. The molecule has 0 saturated carbocycles. The molecule has 0 bridgehead atoms. The van der Waals surface area contributed by atoms with Crippen LogP contribution in [0.1, 0.15) is 31.9 Å². The Labute approximate surface area is 201 Å². The minimum Gasteiger partial charge on any atom is -0.445 e. The predicted molar refractivity (Wildman–Crippen MR) is 97.8 cm³/mol. The molecule has 5 nitrogen and oxygen atoms in total. The fourth-order valence-corrected chi connectivity index (χ4v) is 2.99. The minimum atomic E-state index is -5.11. The molecule has 1 aromatic rings. The van der Waals surface area contributed by atoms with Crippen molar-refractivity contribution in [2.75, 3.05) is 31.1 Å². The molecule has 1 aliphatic rings. The molecule has 2 N–H and O–H groups in total. The third kappa shape index (κ3) is 6.64. The SMILES string of the molecule is Cc1c(CN)cc(N2CCN(C(=O)OC(C)(C)C)CC2)cc1[B-](F)(F)F.[K+]. The number of nitrogens with zero attached hydrogens (tertiary/aromatic N) is 2. The molecule has 1 heterocycles. The average molecular weight is 411 g/mol. The number of ether oxygens (including phenoxy) is 1. The Balaban J connectivity index is 0.00000364. The zero-order chi connectivity index (χ0) is 19.7. The van der Waals surface area contributed by atoms with Gasteiger partial charge in [0.1, 0.15) is 5.60 Å². The number of hydrogen-bond acceptors (Lipinski definition) is 4. The Bertz CT molecular complexity index is 673. The first kappa shape index (κ1) is 24.8. The van der Waals surface area contributed by atoms with E-state index in [1.165, 1.54) is 13.0 Å². The number of anilines is 1. The van der Waals surface area contributed by atoms with Crippen LogP contribution in [0.4, 0.5) is 23.4 Å². The van der Waals surface area contributed by atoms with Crippen LogP contribution in [-0.2, 0) is 11.3 Å². The summed E-state index contributed by atoms with van der Waals surface area (Å²) in [6.07, 6.45) is -0.400. The van der Waals surface area contributed by atoms with E-state index < -0.39 is 24.1 Å². The van der Waals surface area contributed by atoms with Crippen LogP contribution < -0.4 is 67.5 Å². The maximum atomic E-state index is 13.4. The Morgan fingerprint density at radius 1 is 1.19 bits per heavy atom. The molecule has 1 saturated heterocycles. The number of nitrogens with two attached hydrogens (primary N) is 1. The van der Waals surface area contributed by atoms with Gasteiger partial charge in [-0.2, -0.15) is 0 Å². The number of benzene rings is 1. The topological polar surface area (TPSA) is 58.8 Å². The van der Waals surface area contributed by atoms with Crippen molar-refractivity contribution in [2.24, 2.45) is 5.73 Å². The molecule has 0 atom stereocenters. The number of carbonyl (C=O) groups is 1. The zero-order valence-electron chi connectivity index (χ0n) is 16.7. The van der Waals surface area contributed by atoms with Gasteiger partial charge in [-0.25, -0.2) is 4.79 Å². The number of piperazine rings is 1. The van der Waals surface area contributed by atoms with E-state index in [0.717, 1.165) is 0 Å². The first-order valence-electron chi connectivity index (χ1n) is 8.68. The van der Waals surface area contributed by atoms with Crippen molar-refractivity contribution in [1.82, 2.24) is 4.90 Å². The molecule has 27 heavy (non-hydrogen) atoms. The smallest absolute Gasteiger partial charge is 0.445 e.